The van der Waals surface area contributed by atoms with E-state index in [0.29, 0.717) is 66.3 Å². The van der Waals surface area contributed by atoms with Crippen LogP contribution in [0.15, 0.2) is 41.3 Å². The zero-order valence-electron chi connectivity index (χ0n) is 20.6. The fourth-order valence-corrected chi connectivity index (χ4v) is 7.63. The quantitative estimate of drug-likeness (QED) is 0.471. The van der Waals surface area contributed by atoms with Crippen molar-refractivity contribution in [2.24, 2.45) is 0 Å². The highest BCUT2D eigenvalue weighted by molar-refractivity contribution is 8.01. The number of benzene rings is 2. The van der Waals surface area contributed by atoms with Crippen LogP contribution in [-0.4, -0.2) is 54.1 Å². The van der Waals surface area contributed by atoms with E-state index in [1.165, 1.54) is 11.3 Å². The molecular formula is C27H26N4O4S2. The van der Waals surface area contributed by atoms with Crippen molar-refractivity contribution in [1.29, 1.82) is 5.26 Å². The number of nitrogens with zero attached hydrogens (tertiary/aromatic N) is 2. The van der Waals surface area contributed by atoms with Crippen LogP contribution in [0.25, 0.3) is 10.1 Å². The van der Waals surface area contributed by atoms with Crippen molar-refractivity contribution in [3.63, 3.8) is 0 Å². The first-order chi connectivity index (χ1) is 17.9. The summed E-state index contributed by atoms with van der Waals surface area (Å²) in [6.45, 7) is 3.31. The summed E-state index contributed by atoms with van der Waals surface area (Å²) in [5.41, 5.74) is 1.57. The Labute approximate surface area is 223 Å². The topological polar surface area (TPSA) is 112 Å². The Morgan fingerprint density at radius 3 is 2.70 bits per heavy atom. The van der Waals surface area contributed by atoms with Gasteiger partial charge < -0.3 is 15.0 Å². The van der Waals surface area contributed by atoms with Crippen LogP contribution in [0.5, 0.6) is 5.75 Å². The Balaban J connectivity index is 1.40. The maximum absolute atomic E-state index is 13.9. The normalized spacial score (nSPS) is 16.2. The lowest BCUT2D eigenvalue weighted by molar-refractivity contribution is 0.0699. The predicted molar refractivity (Wildman–Crippen MR) is 145 cm³/mol. The fraction of sp³-hybridized carbons (Fsp3) is 0.333. The second-order valence-corrected chi connectivity index (χ2v) is 11.7. The van der Waals surface area contributed by atoms with Crippen LogP contribution < -0.4 is 15.4 Å². The summed E-state index contributed by atoms with van der Waals surface area (Å²) in [7, 11) is 1.58. The van der Waals surface area contributed by atoms with Crippen LogP contribution in [0.2, 0.25) is 0 Å². The monoisotopic (exact) mass is 534 g/mol. The van der Waals surface area contributed by atoms with Crippen LogP contribution in [0.1, 0.15) is 52.5 Å². The van der Waals surface area contributed by atoms with E-state index in [1.54, 1.807) is 31.0 Å². The highest BCUT2D eigenvalue weighted by Crippen LogP contribution is 2.49. The van der Waals surface area contributed by atoms with Gasteiger partial charge in [0, 0.05) is 46.6 Å². The largest absolute Gasteiger partial charge is 0.495 e. The number of piperidine rings is 1. The van der Waals surface area contributed by atoms with Crippen molar-refractivity contribution in [3.05, 3.63) is 53.1 Å². The molecule has 0 unspecified atom stereocenters. The number of likely N-dealkylation sites (tertiary alicyclic amines) is 1. The molecule has 190 valence electrons. The minimum Gasteiger partial charge on any atom is -0.495 e. The Hall–Kier alpha value is -3.55. The molecule has 8 nitrogen and oxygen atoms in total. The number of hydrogen-bond donors (Lipinski definition) is 2. The standard InChI is InChI=1S/C27H26N4O4S2/c1-3-29-26(34)30-24-22(17-5-4-6-20(35-2)23(17)36-24)25(33)31-11-9-27(10-12-31)14-19(32)18-13-16(15-28)7-8-21(18)37-27/h4-8,13H,3,9-12,14H2,1-2H3,(H2,29,30,34). The molecule has 3 amide bonds. The number of nitrogens with one attached hydrogen (secondary N) is 2. The van der Waals surface area contributed by atoms with E-state index in [2.05, 4.69) is 16.7 Å². The number of methoxy groups -OCH3 is 1. The van der Waals surface area contributed by atoms with E-state index in [1.807, 2.05) is 36.1 Å². The number of carbonyl (C=O) groups is 3. The third kappa shape index (κ3) is 4.65. The molecule has 5 rings (SSSR count). The number of rotatable bonds is 4. The van der Waals surface area contributed by atoms with E-state index in [0.717, 1.165) is 15.0 Å². The molecule has 2 aliphatic heterocycles. The Morgan fingerprint density at radius 1 is 1.22 bits per heavy atom. The second kappa shape index (κ2) is 10.1. The van der Waals surface area contributed by atoms with Gasteiger partial charge >= 0.3 is 6.03 Å². The van der Waals surface area contributed by atoms with Crippen LogP contribution in [-0.2, 0) is 0 Å². The number of amides is 3. The number of ether oxygens (including phenoxy) is 1. The Kier molecular flexibility index (Phi) is 6.84. The van der Waals surface area contributed by atoms with Gasteiger partial charge in [-0.25, -0.2) is 4.79 Å². The van der Waals surface area contributed by atoms with Crippen LogP contribution in [0, 0.1) is 11.3 Å². The third-order valence-electron chi connectivity index (χ3n) is 6.86. The molecule has 1 spiro atoms. The highest BCUT2D eigenvalue weighted by atomic mass is 32.2. The average Bonchev–Trinajstić information content (AvgIpc) is 3.26. The molecule has 0 bridgehead atoms. The summed E-state index contributed by atoms with van der Waals surface area (Å²) in [4.78, 5) is 41.9. The SMILES string of the molecule is CCNC(=O)Nc1sc2c(OC)cccc2c1C(=O)N1CCC2(CC1)CC(=O)c1cc(C#N)ccc1S2. The molecule has 0 saturated carbocycles. The van der Waals surface area contributed by atoms with Crippen molar-refractivity contribution >= 4 is 55.9 Å². The lowest BCUT2D eigenvalue weighted by Gasteiger charge is -2.43. The molecule has 2 N–H and O–H groups in total. The summed E-state index contributed by atoms with van der Waals surface area (Å²) in [6.07, 6.45) is 1.75. The Bertz CT molecular complexity index is 1450. The van der Waals surface area contributed by atoms with Crippen molar-refractivity contribution in [2.75, 3.05) is 32.1 Å². The number of fused-ring (bicyclic) bond motifs is 2. The van der Waals surface area contributed by atoms with Gasteiger partial charge in [0.15, 0.2) is 5.78 Å². The van der Waals surface area contributed by atoms with Gasteiger partial charge in [-0.15, -0.1) is 23.1 Å². The summed E-state index contributed by atoms with van der Waals surface area (Å²) in [5.74, 6) is 0.552. The van der Waals surface area contributed by atoms with Crippen LogP contribution >= 0.6 is 23.1 Å². The lowest BCUT2D eigenvalue weighted by Crippen LogP contribution is -2.47. The molecular weight excluding hydrogens is 508 g/mol. The van der Waals surface area contributed by atoms with Gasteiger partial charge in [0.1, 0.15) is 10.8 Å². The maximum atomic E-state index is 13.9. The molecule has 2 aliphatic rings. The van der Waals surface area contributed by atoms with Gasteiger partial charge in [-0.2, -0.15) is 5.26 Å². The van der Waals surface area contributed by atoms with Crippen molar-refractivity contribution < 1.29 is 19.1 Å². The van der Waals surface area contributed by atoms with Gasteiger partial charge in [-0.05, 0) is 44.0 Å². The lowest BCUT2D eigenvalue weighted by atomic mass is 9.87. The zero-order valence-corrected chi connectivity index (χ0v) is 22.2. The summed E-state index contributed by atoms with van der Waals surface area (Å²) >= 11 is 3.01. The van der Waals surface area contributed by atoms with Gasteiger partial charge in [0.25, 0.3) is 5.91 Å². The van der Waals surface area contributed by atoms with E-state index < -0.39 is 0 Å². The van der Waals surface area contributed by atoms with Crippen LogP contribution in [0.3, 0.4) is 0 Å². The molecule has 1 aromatic heterocycles. The molecule has 0 radical (unpaired) electrons. The third-order valence-corrected chi connectivity index (χ3v) is 9.55. The predicted octanol–water partition coefficient (Wildman–Crippen LogP) is 5.28. The summed E-state index contributed by atoms with van der Waals surface area (Å²) < 4.78 is 6.04. The first-order valence-corrected chi connectivity index (χ1v) is 13.7. The molecule has 2 aromatic carbocycles. The highest BCUT2D eigenvalue weighted by Gasteiger charge is 2.43. The molecule has 1 saturated heterocycles. The van der Waals surface area contributed by atoms with Crippen LogP contribution in [0.4, 0.5) is 9.80 Å². The van der Waals surface area contributed by atoms with Crippen molar-refractivity contribution in [1.82, 2.24) is 10.2 Å². The van der Waals surface area contributed by atoms with Gasteiger partial charge in [-0.3, -0.25) is 14.9 Å². The Morgan fingerprint density at radius 2 is 2.00 bits per heavy atom. The van der Waals surface area contributed by atoms with Crippen molar-refractivity contribution in [2.45, 2.75) is 35.8 Å². The minimum atomic E-state index is -0.366. The molecule has 37 heavy (non-hydrogen) atoms. The fourth-order valence-electron chi connectivity index (χ4n) is 4.98. The minimum absolute atomic E-state index is 0.0509. The van der Waals surface area contributed by atoms with E-state index >= 15 is 0 Å². The zero-order chi connectivity index (χ0) is 26.2. The number of ketones is 1. The maximum Gasteiger partial charge on any atom is 0.319 e. The number of thiophene rings is 1. The number of thioether (sulfide) groups is 1. The number of urea groups is 1. The molecule has 0 atom stereocenters. The average molecular weight is 535 g/mol. The van der Waals surface area contributed by atoms with E-state index in [4.69, 9.17) is 4.74 Å². The first-order valence-electron chi connectivity index (χ1n) is 12.1. The van der Waals surface area contributed by atoms with Gasteiger partial charge in [0.05, 0.1) is 29.0 Å². The number of carbonyl (C=O) groups excluding carboxylic acids is 3. The number of anilines is 1. The molecule has 10 heteroatoms. The molecule has 0 aliphatic carbocycles. The van der Waals surface area contributed by atoms with E-state index in [9.17, 15) is 19.6 Å². The van der Waals surface area contributed by atoms with Gasteiger partial charge in [0.2, 0.25) is 0 Å². The van der Waals surface area contributed by atoms with Crippen molar-refractivity contribution in [3.8, 4) is 11.8 Å². The number of nitriles is 1. The first kappa shape index (κ1) is 25.1. The second-order valence-electron chi connectivity index (χ2n) is 9.13. The van der Waals surface area contributed by atoms with E-state index in [-0.39, 0.29) is 22.5 Å². The summed E-state index contributed by atoms with van der Waals surface area (Å²) in [6, 6.07) is 12.6. The smallest absolute Gasteiger partial charge is 0.319 e. The molecule has 3 heterocycles. The molecule has 1 fully saturated rings. The number of hydrogen-bond acceptors (Lipinski definition) is 7. The summed E-state index contributed by atoms with van der Waals surface area (Å²) in [5, 5.41) is 16.0. The van der Waals surface area contributed by atoms with Gasteiger partial charge in [-0.1, -0.05) is 12.1 Å². The molecule has 3 aromatic rings. The number of Topliss-reactive ketones (excluding diaryl/α,β-unsaturated/α-hetero) is 1.